The lowest BCUT2D eigenvalue weighted by molar-refractivity contribution is -0.145. The highest BCUT2D eigenvalue weighted by molar-refractivity contribution is 6.31. The van der Waals surface area contributed by atoms with E-state index in [1.807, 2.05) is 6.07 Å². The quantitative estimate of drug-likeness (QED) is 0.803. The highest BCUT2D eigenvalue weighted by atomic mass is 35.5. The van der Waals surface area contributed by atoms with Crippen LogP contribution in [0.1, 0.15) is 13.8 Å². The van der Waals surface area contributed by atoms with Gasteiger partial charge in [0.05, 0.1) is 5.02 Å². The fourth-order valence-electron chi connectivity index (χ4n) is 2.25. The molecule has 0 fully saturated rings. The Labute approximate surface area is 131 Å². The minimum absolute atomic E-state index is 0.447. The number of imidazole rings is 1. The smallest absolute Gasteiger partial charge is 0.329 e. The molecule has 0 radical (unpaired) electrons. The zero-order valence-electron chi connectivity index (χ0n) is 12.0. The van der Waals surface area contributed by atoms with Crippen LogP contribution < -0.4 is 0 Å². The number of hydrogen-bond donors (Lipinski definition) is 1. The molecule has 22 heavy (non-hydrogen) atoms. The van der Waals surface area contributed by atoms with Gasteiger partial charge in [0.25, 0.3) is 0 Å². The summed E-state index contributed by atoms with van der Waals surface area (Å²) < 4.78 is 1.60. The molecule has 0 unspecified atom stereocenters. The lowest BCUT2D eigenvalue weighted by atomic mass is 10.1. The number of carboxylic acid groups (broad SMARTS) is 1. The Morgan fingerprint density at radius 3 is 2.77 bits per heavy atom. The maximum absolute atomic E-state index is 11.7. The molecule has 112 valence electrons. The summed E-state index contributed by atoms with van der Waals surface area (Å²) in [4.78, 5) is 24.5. The molecule has 3 aromatic rings. The number of carbonyl (C=O) groups is 1. The van der Waals surface area contributed by atoms with Crippen molar-refractivity contribution in [1.82, 2.24) is 19.5 Å². The maximum Gasteiger partial charge on any atom is 0.329 e. The van der Waals surface area contributed by atoms with E-state index in [0.29, 0.717) is 27.6 Å². The van der Waals surface area contributed by atoms with Gasteiger partial charge in [-0.05, 0) is 32.0 Å². The molecule has 0 aliphatic carbocycles. The van der Waals surface area contributed by atoms with Crippen molar-refractivity contribution in [3.8, 4) is 11.4 Å². The fourth-order valence-corrected chi connectivity index (χ4v) is 2.41. The highest BCUT2D eigenvalue weighted by Crippen LogP contribution is 2.31. The first kappa shape index (κ1) is 14.5. The summed E-state index contributed by atoms with van der Waals surface area (Å²) in [5.41, 5.74) is 0.503. The van der Waals surface area contributed by atoms with Gasteiger partial charge >= 0.3 is 5.97 Å². The van der Waals surface area contributed by atoms with Crippen molar-refractivity contribution in [2.75, 3.05) is 0 Å². The topological polar surface area (TPSA) is 80.9 Å². The Balaban J connectivity index is 2.39. The summed E-state index contributed by atoms with van der Waals surface area (Å²) in [6.45, 7) is 3.21. The van der Waals surface area contributed by atoms with Gasteiger partial charge in [-0.2, -0.15) is 0 Å². The number of fused-ring (bicyclic) bond motifs is 1. The molecular formula is C15H13ClN4O2. The van der Waals surface area contributed by atoms with Gasteiger partial charge in [0.1, 0.15) is 16.9 Å². The Kier molecular flexibility index (Phi) is 3.33. The first-order valence-electron chi connectivity index (χ1n) is 6.59. The SMILES string of the molecule is CC(C)(C(=O)O)n1c(-c2cccnc2)nc2cc(Cl)cnc21. The van der Waals surface area contributed by atoms with Gasteiger partial charge in [-0.1, -0.05) is 11.6 Å². The second kappa shape index (κ2) is 5.06. The predicted molar refractivity (Wildman–Crippen MR) is 82.7 cm³/mol. The zero-order chi connectivity index (χ0) is 15.9. The van der Waals surface area contributed by atoms with E-state index in [-0.39, 0.29) is 0 Å². The van der Waals surface area contributed by atoms with Crippen molar-refractivity contribution in [3.05, 3.63) is 41.8 Å². The third kappa shape index (κ3) is 2.21. The third-order valence-electron chi connectivity index (χ3n) is 3.47. The summed E-state index contributed by atoms with van der Waals surface area (Å²) >= 11 is 5.96. The number of aromatic nitrogens is 4. The van der Waals surface area contributed by atoms with Gasteiger partial charge in [0, 0.05) is 24.2 Å². The molecule has 0 spiro atoms. The molecule has 0 bridgehead atoms. The molecule has 6 nitrogen and oxygen atoms in total. The molecule has 0 aliphatic rings. The third-order valence-corrected chi connectivity index (χ3v) is 3.67. The van der Waals surface area contributed by atoms with E-state index < -0.39 is 11.5 Å². The van der Waals surface area contributed by atoms with Gasteiger partial charge in [0.15, 0.2) is 5.65 Å². The van der Waals surface area contributed by atoms with E-state index in [4.69, 9.17) is 11.6 Å². The number of halogens is 1. The molecule has 0 aliphatic heterocycles. The van der Waals surface area contributed by atoms with Gasteiger partial charge < -0.3 is 5.11 Å². The summed E-state index contributed by atoms with van der Waals surface area (Å²) in [5, 5.41) is 10.0. The van der Waals surface area contributed by atoms with Crippen molar-refractivity contribution >= 4 is 28.7 Å². The van der Waals surface area contributed by atoms with Crippen LogP contribution in [-0.2, 0) is 10.3 Å². The van der Waals surface area contributed by atoms with E-state index in [0.717, 1.165) is 0 Å². The Hall–Kier alpha value is -2.47. The number of nitrogens with zero attached hydrogens (tertiary/aromatic N) is 4. The van der Waals surface area contributed by atoms with E-state index in [1.54, 1.807) is 42.9 Å². The van der Waals surface area contributed by atoms with Crippen LogP contribution in [0.4, 0.5) is 0 Å². The van der Waals surface area contributed by atoms with Gasteiger partial charge in [0.2, 0.25) is 0 Å². The van der Waals surface area contributed by atoms with Crippen molar-refractivity contribution in [2.45, 2.75) is 19.4 Å². The van der Waals surface area contributed by atoms with Crippen molar-refractivity contribution in [2.24, 2.45) is 0 Å². The van der Waals surface area contributed by atoms with E-state index in [9.17, 15) is 9.90 Å². The number of carboxylic acids is 1. The average molecular weight is 317 g/mol. The molecule has 3 rings (SSSR count). The Bertz CT molecular complexity index is 859. The molecule has 0 aromatic carbocycles. The molecule has 3 aromatic heterocycles. The normalized spacial score (nSPS) is 11.8. The van der Waals surface area contributed by atoms with Crippen LogP contribution in [0.2, 0.25) is 5.02 Å². The zero-order valence-corrected chi connectivity index (χ0v) is 12.7. The maximum atomic E-state index is 11.7. The number of hydrogen-bond acceptors (Lipinski definition) is 4. The lowest BCUT2D eigenvalue weighted by Crippen LogP contribution is -2.36. The van der Waals surface area contributed by atoms with Crippen LogP contribution in [0.15, 0.2) is 36.8 Å². The van der Waals surface area contributed by atoms with Crippen LogP contribution in [0, 0.1) is 0 Å². The first-order chi connectivity index (χ1) is 10.4. The summed E-state index contributed by atoms with van der Waals surface area (Å²) in [5.74, 6) is -0.487. The second-order valence-corrected chi connectivity index (χ2v) is 5.81. The standard InChI is InChI=1S/C15H13ClN4O2/c1-15(2,14(21)22)20-12(9-4-3-5-17-7-9)19-11-6-10(16)8-18-13(11)20/h3-8H,1-2H3,(H,21,22). The molecule has 7 heteroatoms. The van der Waals surface area contributed by atoms with Crippen molar-refractivity contribution in [1.29, 1.82) is 0 Å². The molecule has 0 atom stereocenters. The predicted octanol–water partition coefficient (Wildman–Crippen LogP) is 2.97. The first-order valence-corrected chi connectivity index (χ1v) is 6.97. The average Bonchev–Trinajstić information content (AvgIpc) is 2.87. The molecule has 0 saturated heterocycles. The molecular weight excluding hydrogens is 304 g/mol. The Morgan fingerprint density at radius 2 is 2.14 bits per heavy atom. The van der Waals surface area contributed by atoms with Crippen LogP contribution in [0.5, 0.6) is 0 Å². The summed E-state index contributed by atoms with van der Waals surface area (Å²) in [6, 6.07) is 5.26. The molecule has 1 N–H and O–H groups in total. The monoisotopic (exact) mass is 316 g/mol. The van der Waals surface area contributed by atoms with E-state index >= 15 is 0 Å². The molecule has 0 saturated carbocycles. The van der Waals surface area contributed by atoms with Gasteiger partial charge in [-0.25, -0.2) is 14.8 Å². The summed E-state index contributed by atoms with van der Waals surface area (Å²) in [7, 11) is 0. The minimum Gasteiger partial charge on any atom is -0.480 e. The van der Waals surface area contributed by atoms with Crippen molar-refractivity contribution in [3.63, 3.8) is 0 Å². The van der Waals surface area contributed by atoms with Crippen LogP contribution in [0.3, 0.4) is 0 Å². The van der Waals surface area contributed by atoms with E-state index in [1.165, 1.54) is 6.20 Å². The van der Waals surface area contributed by atoms with Gasteiger partial charge in [-0.15, -0.1) is 0 Å². The fraction of sp³-hybridized carbons (Fsp3) is 0.200. The number of rotatable bonds is 3. The van der Waals surface area contributed by atoms with Crippen LogP contribution >= 0.6 is 11.6 Å². The van der Waals surface area contributed by atoms with Crippen LogP contribution in [-0.4, -0.2) is 30.6 Å². The number of pyridine rings is 2. The van der Waals surface area contributed by atoms with Gasteiger partial charge in [-0.3, -0.25) is 9.55 Å². The van der Waals surface area contributed by atoms with E-state index in [2.05, 4.69) is 15.0 Å². The summed E-state index contributed by atoms with van der Waals surface area (Å²) in [6.07, 6.45) is 4.76. The Morgan fingerprint density at radius 1 is 1.36 bits per heavy atom. The minimum atomic E-state index is -1.22. The van der Waals surface area contributed by atoms with Crippen LogP contribution in [0.25, 0.3) is 22.6 Å². The number of aliphatic carboxylic acids is 1. The molecule has 3 heterocycles. The lowest BCUT2D eigenvalue weighted by Gasteiger charge is -2.24. The second-order valence-electron chi connectivity index (χ2n) is 5.37. The highest BCUT2D eigenvalue weighted by Gasteiger charge is 2.34. The molecule has 0 amide bonds. The van der Waals surface area contributed by atoms with Crippen molar-refractivity contribution < 1.29 is 9.90 Å². The largest absolute Gasteiger partial charge is 0.480 e.